The van der Waals surface area contributed by atoms with Crippen molar-refractivity contribution in [1.82, 2.24) is 4.98 Å². The molecule has 4 rings (SSSR count). The molecule has 3 aromatic rings. The molecule has 124 valence electrons. The molecule has 0 radical (unpaired) electrons. The maximum absolute atomic E-state index is 9.97. The van der Waals surface area contributed by atoms with Crippen molar-refractivity contribution >= 4 is 28.3 Å². The van der Waals surface area contributed by atoms with Crippen LogP contribution in [0.25, 0.3) is 22.0 Å². The van der Waals surface area contributed by atoms with Crippen LogP contribution >= 0.6 is 11.6 Å². The first kappa shape index (κ1) is 15.9. The minimum Gasteiger partial charge on any atom is -0.355 e. The quantitative estimate of drug-likeness (QED) is 0.621. The number of anilines is 1. The summed E-state index contributed by atoms with van der Waals surface area (Å²) in [6, 6.07) is 18.2. The second-order valence-corrected chi connectivity index (χ2v) is 6.81. The van der Waals surface area contributed by atoms with E-state index in [0.717, 1.165) is 53.8 Å². The summed E-state index contributed by atoms with van der Waals surface area (Å²) in [6.45, 7) is 1.91. The van der Waals surface area contributed by atoms with Crippen molar-refractivity contribution in [2.24, 2.45) is 0 Å². The maximum atomic E-state index is 9.97. The summed E-state index contributed by atoms with van der Waals surface area (Å²) in [6.07, 6.45) is 3.53. The second-order valence-electron chi connectivity index (χ2n) is 6.37. The average molecular weight is 348 g/mol. The fourth-order valence-corrected chi connectivity index (χ4v) is 3.74. The van der Waals surface area contributed by atoms with Gasteiger partial charge in [-0.2, -0.15) is 5.26 Å². The number of benzene rings is 2. The van der Waals surface area contributed by atoms with Crippen molar-refractivity contribution in [2.75, 3.05) is 18.0 Å². The fraction of sp³-hybridized carbons (Fsp3) is 0.238. The van der Waals surface area contributed by atoms with Gasteiger partial charge in [-0.05, 0) is 43.0 Å². The minimum atomic E-state index is 0.642. The second kappa shape index (κ2) is 6.74. The first-order valence-corrected chi connectivity index (χ1v) is 8.99. The summed E-state index contributed by atoms with van der Waals surface area (Å²) in [7, 11) is 0. The van der Waals surface area contributed by atoms with Gasteiger partial charge in [0.2, 0.25) is 0 Å². The SMILES string of the molecule is N#Cc1c(N2CCCCC2)nc2ccc(Cl)cc2c1-c1ccccc1. The summed E-state index contributed by atoms with van der Waals surface area (Å²) in [5, 5.41) is 11.6. The standard InChI is InChI=1S/C21H18ClN3/c22-16-9-10-19-17(13-16)20(15-7-3-1-4-8-15)18(14-23)21(24-19)25-11-5-2-6-12-25/h1,3-4,7-10,13H,2,5-6,11-12H2. The number of nitrogens with zero attached hydrogens (tertiary/aromatic N) is 3. The maximum Gasteiger partial charge on any atom is 0.147 e. The zero-order valence-corrected chi connectivity index (χ0v) is 14.6. The highest BCUT2D eigenvalue weighted by atomic mass is 35.5. The van der Waals surface area contributed by atoms with E-state index in [2.05, 4.69) is 11.0 Å². The molecule has 25 heavy (non-hydrogen) atoms. The number of piperidine rings is 1. The third kappa shape index (κ3) is 2.94. The number of halogens is 1. The Hall–Kier alpha value is -2.57. The van der Waals surface area contributed by atoms with E-state index in [-0.39, 0.29) is 0 Å². The van der Waals surface area contributed by atoms with E-state index >= 15 is 0 Å². The van der Waals surface area contributed by atoms with Crippen molar-refractivity contribution in [3.05, 3.63) is 59.1 Å². The lowest BCUT2D eigenvalue weighted by Crippen LogP contribution is -2.31. The summed E-state index contributed by atoms with van der Waals surface area (Å²) >= 11 is 6.24. The van der Waals surface area contributed by atoms with Gasteiger partial charge in [-0.25, -0.2) is 4.98 Å². The van der Waals surface area contributed by atoms with Gasteiger partial charge < -0.3 is 4.90 Å². The molecule has 0 saturated carbocycles. The molecule has 0 bridgehead atoms. The molecule has 0 spiro atoms. The van der Waals surface area contributed by atoms with E-state index in [0.29, 0.717) is 10.6 Å². The largest absolute Gasteiger partial charge is 0.355 e. The number of fused-ring (bicyclic) bond motifs is 1. The highest BCUT2D eigenvalue weighted by molar-refractivity contribution is 6.31. The van der Waals surface area contributed by atoms with Crippen LogP contribution in [0.2, 0.25) is 5.02 Å². The number of hydrogen-bond acceptors (Lipinski definition) is 3. The van der Waals surface area contributed by atoms with Crippen LogP contribution in [0.15, 0.2) is 48.5 Å². The Morgan fingerprint density at radius 2 is 1.76 bits per heavy atom. The van der Waals surface area contributed by atoms with Crippen LogP contribution in [0, 0.1) is 11.3 Å². The third-order valence-corrected chi connectivity index (χ3v) is 4.99. The Bertz CT molecular complexity index is 954. The summed E-state index contributed by atoms with van der Waals surface area (Å²) in [5.41, 5.74) is 3.47. The molecule has 2 heterocycles. The Balaban J connectivity index is 2.04. The van der Waals surface area contributed by atoms with Crippen LogP contribution in [-0.2, 0) is 0 Å². The number of aromatic nitrogens is 1. The normalized spacial score (nSPS) is 14.5. The zero-order valence-electron chi connectivity index (χ0n) is 13.9. The van der Waals surface area contributed by atoms with Crippen molar-refractivity contribution in [3.8, 4) is 17.2 Å². The predicted octanol–water partition coefficient (Wildman–Crippen LogP) is 5.42. The van der Waals surface area contributed by atoms with Gasteiger partial charge in [-0.1, -0.05) is 41.9 Å². The van der Waals surface area contributed by atoms with Gasteiger partial charge >= 0.3 is 0 Å². The molecule has 0 N–H and O–H groups in total. The lowest BCUT2D eigenvalue weighted by atomic mass is 9.95. The van der Waals surface area contributed by atoms with E-state index < -0.39 is 0 Å². The van der Waals surface area contributed by atoms with E-state index in [4.69, 9.17) is 16.6 Å². The van der Waals surface area contributed by atoms with E-state index in [1.165, 1.54) is 6.42 Å². The summed E-state index contributed by atoms with van der Waals surface area (Å²) in [5.74, 6) is 0.802. The molecule has 0 amide bonds. The minimum absolute atomic E-state index is 0.642. The molecule has 0 aliphatic carbocycles. The monoisotopic (exact) mass is 347 g/mol. The molecule has 1 aliphatic heterocycles. The average Bonchev–Trinajstić information content (AvgIpc) is 2.68. The van der Waals surface area contributed by atoms with Crippen LogP contribution in [-0.4, -0.2) is 18.1 Å². The number of nitriles is 1. The molecule has 2 aromatic carbocycles. The first-order valence-electron chi connectivity index (χ1n) is 8.61. The number of rotatable bonds is 2. The Kier molecular flexibility index (Phi) is 4.29. The Labute approximate surface area is 152 Å². The van der Waals surface area contributed by atoms with Crippen LogP contribution in [0.4, 0.5) is 5.82 Å². The molecule has 1 aromatic heterocycles. The molecular formula is C21H18ClN3. The summed E-state index contributed by atoms with van der Waals surface area (Å²) in [4.78, 5) is 7.09. The Morgan fingerprint density at radius 1 is 1.00 bits per heavy atom. The van der Waals surface area contributed by atoms with E-state index in [1.54, 1.807) is 0 Å². The fourth-order valence-electron chi connectivity index (χ4n) is 3.57. The highest BCUT2D eigenvalue weighted by Crippen LogP contribution is 2.37. The van der Waals surface area contributed by atoms with Crippen LogP contribution in [0.5, 0.6) is 0 Å². The van der Waals surface area contributed by atoms with Crippen molar-refractivity contribution < 1.29 is 0 Å². The van der Waals surface area contributed by atoms with Crippen LogP contribution in [0.1, 0.15) is 24.8 Å². The molecule has 1 aliphatic rings. The number of pyridine rings is 1. The van der Waals surface area contributed by atoms with Gasteiger partial charge in [0.15, 0.2) is 0 Å². The molecule has 1 saturated heterocycles. The Morgan fingerprint density at radius 3 is 2.48 bits per heavy atom. The van der Waals surface area contributed by atoms with Gasteiger partial charge in [0.1, 0.15) is 17.5 Å². The lowest BCUT2D eigenvalue weighted by Gasteiger charge is -2.29. The molecule has 3 nitrogen and oxygen atoms in total. The van der Waals surface area contributed by atoms with Gasteiger partial charge in [0.25, 0.3) is 0 Å². The van der Waals surface area contributed by atoms with Crippen molar-refractivity contribution in [2.45, 2.75) is 19.3 Å². The first-order chi connectivity index (χ1) is 12.3. The molecule has 4 heteroatoms. The van der Waals surface area contributed by atoms with E-state index in [1.807, 2.05) is 48.5 Å². The third-order valence-electron chi connectivity index (χ3n) is 4.76. The van der Waals surface area contributed by atoms with Gasteiger partial charge in [0.05, 0.1) is 5.52 Å². The lowest BCUT2D eigenvalue weighted by molar-refractivity contribution is 0.573. The van der Waals surface area contributed by atoms with Gasteiger partial charge in [-0.15, -0.1) is 0 Å². The van der Waals surface area contributed by atoms with Crippen molar-refractivity contribution in [1.29, 1.82) is 5.26 Å². The molecule has 0 unspecified atom stereocenters. The molecule has 0 atom stereocenters. The summed E-state index contributed by atoms with van der Waals surface area (Å²) < 4.78 is 0. The van der Waals surface area contributed by atoms with Crippen LogP contribution in [0.3, 0.4) is 0 Å². The van der Waals surface area contributed by atoms with E-state index in [9.17, 15) is 5.26 Å². The number of hydrogen-bond donors (Lipinski definition) is 0. The van der Waals surface area contributed by atoms with Crippen LogP contribution < -0.4 is 4.90 Å². The van der Waals surface area contributed by atoms with Gasteiger partial charge in [0, 0.05) is 29.1 Å². The smallest absolute Gasteiger partial charge is 0.147 e. The molecule has 1 fully saturated rings. The predicted molar refractivity (Wildman–Crippen MR) is 103 cm³/mol. The van der Waals surface area contributed by atoms with Gasteiger partial charge in [-0.3, -0.25) is 0 Å². The molecular weight excluding hydrogens is 330 g/mol. The topological polar surface area (TPSA) is 39.9 Å². The highest BCUT2D eigenvalue weighted by Gasteiger charge is 2.22. The van der Waals surface area contributed by atoms with Crippen molar-refractivity contribution in [3.63, 3.8) is 0 Å². The zero-order chi connectivity index (χ0) is 17.2.